The lowest BCUT2D eigenvalue weighted by Crippen LogP contribution is -2.31. The molecule has 1 saturated heterocycles. The summed E-state index contributed by atoms with van der Waals surface area (Å²) in [6, 6.07) is 5.19. The Hall–Kier alpha value is -1.39. The van der Waals surface area contributed by atoms with Gasteiger partial charge in [0.15, 0.2) is 0 Å². The number of aromatic nitrogens is 2. The topological polar surface area (TPSA) is 46.6 Å². The van der Waals surface area contributed by atoms with E-state index in [-0.39, 0.29) is 0 Å². The number of rotatable bonds is 3. The number of likely N-dealkylation sites (tertiary alicyclic amines) is 1. The predicted octanol–water partition coefficient (Wildman–Crippen LogP) is 2.34. The standard InChI is InChI=1S/C15H22N4/c1-11(2)18-7-3-4-14(18)15-17-9-13-6-5-12(8-16)10-19(13)15/h5-6,9-11,14H,3-4,7-8,16H2,1-2H3. The quantitative estimate of drug-likeness (QED) is 0.919. The lowest BCUT2D eigenvalue weighted by molar-refractivity contribution is 0.198. The van der Waals surface area contributed by atoms with E-state index in [1.165, 1.54) is 19.4 Å². The van der Waals surface area contributed by atoms with Gasteiger partial charge < -0.3 is 10.1 Å². The highest BCUT2D eigenvalue weighted by molar-refractivity contribution is 5.47. The number of nitrogens with two attached hydrogens (primary N) is 1. The lowest BCUT2D eigenvalue weighted by atomic mass is 10.2. The Labute approximate surface area is 114 Å². The van der Waals surface area contributed by atoms with Gasteiger partial charge in [0.1, 0.15) is 5.82 Å². The first kappa shape index (κ1) is 12.6. The number of hydrogen-bond donors (Lipinski definition) is 1. The van der Waals surface area contributed by atoms with Crippen molar-refractivity contribution in [3.05, 3.63) is 35.9 Å². The van der Waals surface area contributed by atoms with Crippen LogP contribution in [0.25, 0.3) is 5.52 Å². The number of imidazole rings is 1. The number of hydrogen-bond acceptors (Lipinski definition) is 3. The molecule has 1 fully saturated rings. The van der Waals surface area contributed by atoms with E-state index in [4.69, 9.17) is 5.73 Å². The summed E-state index contributed by atoms with van der Waals surface area (Å²) in [4.78, 5) is 7.21. The molecule has 2 aromatic rings. The monoisotopic (exact) mass is 258 g/mol. The first-order valence-corrected chi connectivity index (χ1v) is 7.12. The van der Waals surface area contributed by atoms with E-state index in [9.17, 15) is 0 Å². The summed E-state index contributed by atoms with van der Waals surface area (Å²) < 4.78 is 2.22. The molecule has 1 aliphatic rings. The molecule has 0 spiro atoms. The largest absolute Gasteiger partial charge is 0.326 e. The highest BCUT2D eigenvalue weighted by Crippen LogP contribution is 2.33. The molecule has 1 unspecified atom stereocenters. The highest BCUT2D eigenvalue weighted by Gasteiger charge is 2.30. The third kappa shape index (κ3) is 2.15. The van der Waals surface area contributed by atoms with Crippen LogP contribution in [0.4, 0.5) is 0 Å². The van der Waals surface area contributed by atoms with Crippen LogP contribution in [-0.4, -0.2) is 26.9 Å². The van der Waals surface area contributed by atoms with Crippen LogP contribution in [0, 0.1) is 0 Å². The van der Waals surface area contributed by atoms with Gasteiger partial charge in [-0.05, 0) is 44.9 Å². The van der Waals surface area contributed by atoms with E-state index in [0.29, 0.717) is 18.6 Å². The smallest absolute Gasteiger partial charge is 0.130 e. The minimum atomic E-state index is 0.440. The zero-order chi connectivity index (χ0) is 13.4. The van der Waals surface area contributed by atoms with Gasteiger partial charge >= 0.3 is 0 Å². The Kier molecular flexibility index (Phi) is 3.29. The van der Waals surface area contributed by atoms with Gasteiger partial charge in [0.25, 0.3) is 0 Å². The van der Waals surface area contributed by atoms with Crippen molar-refractivity contribution in [2.75, 3.05) is 6.54 Å². The summed E-state index contributed by atoms with van der Waals surface area (Å²) in [6.45, 7) is 6.28. The molecule has 4 heteroatoms. The third-order valence-electron chi connectivity index (χ3n) is 4.11. The van der Waals surface area contributed by atoms with Gasteiger partial charge in [-0.1, -0.05) is 6.07 Å². The van der Waals surface area contributed by atoms with Crippen LogP contribution < -0.4 is 5.73 Å². The molecule has 0 radical (unpaired) electrons. The summed E-state index contributed by atoms with van der Waals surface area (Å²) in [6.07, 6.45) is 6.55. The Morgan fingerprint density at radius 2 is 2.26 bits per heavy atom. The minimum absolute atomic E-state index is 0.440. The van der Waals surface area contributed by atoms with Crippen LogP contribution in [0.3, 0.4) is 0 Å². The molecular formula is C15H22N4. The molecule has 0 aliphatic carbocycles. The lowest BCUT2D eigenvalue weighted by Gasteiger charge is -2.27. The maximum absolute atomic E-state index is 5.74. The molecule has 1 aliphatic heterocycles. The fraction of sp³-hybridized carbons (Fsp3) is 0.533. The van der Waals surface area contributed by atoms with E-state index in [1.54, 1.807) is 0 Å². The summed E-state index contributed by atoms with van der Waals surface area (Å²) in [5.41, 5.74) is 8.05. The Balaban J connectivity index is 2.04. The summed E-state index contributed by atoms with van der Waals surface area (Å²) in [5, 5.41) is 0. The summed E-state index contributed by atoms with van der Waals surface area (Å²) in [5.74, 6) is 1.16. The zero-order valence-corrected chi connectivity index (χ0v) is 11.7. The Morgan fingerprint density at radius 1 is 1.42 bits per heavy atom. The predicted molar refractivity (Wildman–Crippen MR) is 76.9 cm³/mol. The second-order valence-corrected chi connectivity index (χ2v) is 5.64. The van der Waals surface area contributed by atoms with E-state index >= 15 is 0 Å². The molecule has 4 nitrogen and oxygen atoms in total. The fourth-order valence-corrected chi connectivity index (χ4v) is 3.11. The Morgan fingerprint density at radius 3 is 3.00 bits per heavy atom. The van der Waals surface area contributed by atoms with Crippen molar-refractivity contribution in [3.8, 4) is 0 Å². The van der Waals surface area contributed by atoms with Crippen LogP contribution in [0.15, 0.2) is 24.5 Å². The van der Waals surface area contributed by atoms with Gasteiger partial charge in [0.2, 0.25) is 0 Å². The van der Waals surface area contributed by atoms with E-state index in [2.05, 4.69) is 46.5 Å². The molecule has 1 atom stereocenters. The number of fused-ring (bicyclic) bond motifs is 1. The van der Waals surface area contributed by atoms with Gasteiger partial charge in [0, 0.05) is 18.8 Å². The first-order valence-electron chi connectivity index (χ1n) is 7.12. The van der Waals surface area contributed by atoms with Crippen LogP contribution >= 0.6 is 0 Å². The van der Waals surface area contributed by atoms with Gasteiger partial charge in [-0.25, -0.2) is 4.98 Å². The van der Waals surface area contributed by atoms with Crippen molar-refractivity contribution in [2.45, 2.75) is 45.3 Å². The number of pyridine rings is 1. The SMILES string of the molecule is CC(C)N1CCCC1c1ncc2ccc(CN)cn12. The zero-order valence-electron chi connectivity index (χ0n) is 11.7. The normalized spacial score (nSPS) is 20.7. The molecule has 0 bridgehead atoms. The van der Waals surface area contributed by atoms with Gasteiger partial charge in [0.05, 0.1) is 17.8 Å². The molecule has 102 valence electrons. The summed E-state index contributed by atoms with van der Waals surface area (Å²) in [7, 11) is 0. The van der Waals surface area contributed by atoms with Gasteiger partial charge in [-0.15, -0.1) is 0 Å². The minimum Gasteiger partial charge on any atom is -0.326 e. The maximum atomic E-state index is 5.74. The van der Waals surface area contributed by atoms with Crippen LogP contribution in [0.1, 0.15) is 44.1 Å². The van der Waals surface area contributed by atoms with Crippen molar-refractivity contribution in [1.82, 2.24) is 14.3 Å². The molecule has 3 rings (SSSR count). The molecule has 0 aromatic carbocycles. The van der Waals surface area contributed by atoms with E-state index in [0.717, 1.165) is 16.9 Å². The molecule has 2 aromatic heterocycles. The Bertz CT molecular complexity index is 573. The molecular weight excluding hydrogens is 236 g/mol. The number of nitrogens with zero attached hydrogens (tertiary/aromatic N) is 3. The van der Waals surface area contributed by atoms with Crippen LogP contribution in [0.2, 0.25) is 0 Å². The molecule has 0 saturated carbocycles. The van der Waals surface area contributed by atoms with Crippen molar-refractivity contribution in [3.63, 3.8) is 0 Å². The van der Waals surface area contributed by atoms with Crippen molar-refractivity contribution in [1.29, 1.82) is 0 Å². The maximum Gasteiger partial charge on any atom is 0.130 e. The second-order valence-electron chi connectivity index (χ2n) is 5.64. The van der Waals surface area contributed by atoms with Gasteiger partial charge in [-0.3, -0.25) is 4.90 Å². The molecule has 3 heterocycles. The van der Waals surface area contributed by atoms with Gasteiger partial charge in [-0.2, -0.15) is 0 Å². The van der Waals surface area contributed by atoms with Crippen LogP contribution in [0.5, 0.6) is 0 Å². The summed E-state index contributed by atoms with van der Waals surface area (Å²) >= 11 is 0. The van der Waals surface area contributed by atoms with Crippen LogP contribution in [-0.2, 0) is 6.54 Å². The third-order valence-corrected chi connectivity index (χ3v) is 4.11. The van der Waals surface area contributed by atoms with E-state index in [1.807, 2.05) is 6.20 Å². The molecule has 2 N–H and O–H groups in total. The van der Waals surface area contributed by atoms with Crippen molar-refractivity contribution in [2.24, 2.45) is 5.73 Å². The van der Waals surface area contributed by atoms with E-state index < -0.39 is 0 Å². The average molecular weight is 258 g/mol. The second kappa shape index (κ2) is 4.94. The average Bonchev–Trinajstić information content (AvgIpc) is 3.03. The van der Waals surface area contributed by atoms with Crippen molar-refractivity contribution < 1.29 is 0 Å². The molecule has 19 heavy (non-hydrogen) atoms. The molecule has 0 amide bonds. The van der Waals surface area contributed by atoms with Crippen molar-refractivity contribution >= 4 is 5.52 Å². The fourth-order valence-electron chi connectivity index (χ4n) is 3.11. The first-order chi connectivity index (χ1) is 9.20. The highest BCUT2D eigenvalue weighted by atomic mass is 15.2.